The molecule has 0 aliphatic heterocycles. The standard InChI is InChI=1S/C22H17F9N2O/c1-4-13-9-16(19(23,21(26,27)28)20(24,25)22(29,30)31)8-12(3)17(13)33-18(34)14-5-6-15(10-32)11(2)7-14/h5-9H,4H2,1-3H3,(H,33,34). The van der Waals surface area contributed by atoms with Gasteiger partial charge in [-0.05, 0) is 61.2 Å². The van der Waals surface area contributed by atoms with Gasteiger partial charge in [0.25, 0.3) is 5.91 Å². The Kier molecular flexibility index (Phi) is 7.03. The number of carbonyl (C=O) groups excluding carboxylic acids is 1. The zero-order valence-electron chi connectivity index (χ0n) is 17.9. The molecule has 0 fully saturated rings. The second kappa shape index (κ2) is 8.85. The van der Waals surface area contributed by atoms with Crippen LogP contribution in [0.25, 0.3) is 0 Å². The number of carbonyl (C=O) groups is 1. The van der Waals surface area contributed by atoms with Crippen molar-refractivity contribution in [3.8, 4) is 6.07 Å². The van der Waals surface area contributed by atoms with E-state index in [0.717, 1.165) is 6.92 Å². The van der Waals surface area contributed by atoms with E-state index in [2.05, 4.69) is 5.32 Å². The van der Waals surface area contributed by atoms with Gasteiger partial charge in [-0.3, -0.25) is 4.79 Å². The Morgan fingerprint density at radius 1 is 0.912 bits per heavy atom. The third-order valence-electron chi connectivity index (χ3n) is 5.22. The van der Waals surface area contributed by atoms with E-state index in [0.29, 0.717) is 5.56 Å². The van der Waals surface area contributed by atoms with Gasteiger partial charge in [-0.15, -0.1) is 0 Å². The molecule has 2 aromatic rings. The molecule has 0 spiro atoms. The number of nitrogens with zero attached hydrogens (tertiary/aromatic N) is 1. The number of alkyl halides is 9. The highest BCUT2D eigenvalue weighted by atomic mass is 19.4. The summed E-state index contributed by atoms with van der Waals surface area (Å²) in [6.45, 7) is 3.91. The largest absolute Gasteiger partial charge is 0.457 e. The lowest BCUT2D eigenvalue weighted by atomic mass is 9.85. The fourth-order valence-electron chi connectivity index (χ4n) is 3.35. The summed E-state index contributed by atoms with van der Waals surface area (Å²) in [5.74, 6) is -7.58. The van der Waals surface area contributed by atoms with Crippen LogP contribution in [0.5, 0.6) is 0 Å². The molecule has 0 aliphatic carbocycles. The lowest BCUT2D eigenvalue weighted by Crippen LogP contribution is -2.59. The van der Waals surface area contributed by atoms with Crippen LogP contribution in [0, 0.1) is 25.2 Å². The van der Waals surface area contributed by atoms with Crippen LogP contribution in [0.1, 0.15) is 45.1 Å². The molecule has 184 valence electrons. The van der Waals surface area contributed by atoms with Crippen LogP contribution in [0.15, 0.2) is 30.3 Å². The number of amides is 1. The van der Waals surface area contributed by atoms with Gasteiger partial charge in [0.2, 0.25) is 0 Å². The topological polar surface area (TPSA) is 52.9 Å². The summed E-state index contributed by atoms with van der Waals surface area (Å²) in [7, 11) is 0. The fraction of sp³-hybridized carbons (Fsp3) is 0.364. The molecule has 1 unspecified atom stereocenters. The number of aryl methyl sites for hydroxylation is 3. The third kappa shape index (κ3) is 4.43. The Morgan fingerprint density at radius 3 is 1.94 bits per heavy atom. The minimum absolute atomic E-state index is 0.0424. The summed E-state index contributed by atoms with van der Waals surface area (Å²) in [4.78, 5) is 12.6. The number of nitriles is 1. The highest BCUT2D eigenvalue weighted by Crippen LogP contribution is 2.58. The highest BCUT2D eigenvalue weighted by molar-refractivity contribution is 6.05. The number of nitrogens with one attached hydrogen (secondary N) is 1. The molecule has 12 heteroatoms. The molecule has 0 aliphatic rings. The van der Waals surface area contributed by atoms with Gasteiger partial charge < -0.3 is 5.32 Å². The lowest BCUT2D eigenvalue weighted by Gasteiger charge is -2.36. The summed E-state index contributed by atoms with van der Waals surface area (Å²) in [6.07, 6.45) is -13.7. The van der Waals surface area contributed by atoms with Crippen molar-refractivity contribution in [2.24, 2.45) is 0 Å². The van der Waals surface area contributed by atoms with Gasteiger partial charge in [-0.2, -0.15) is 40.4 Å². The Morgan fingerprint density at radius 2 is 1.50 bits per heavy atom. The molecule has 0 saturated carbocycles. The summed E-state index contributed by atoms with van der Waals surface area (Å²) in [5.41, 5.74) is -8.07. The van der Waals surface area contributed by atoms with Crippen molar-refractivity contribution < 1.29 is 44.3 Å². The fourth-order valence-corrected chi connectivity index (χ4v) is 3.35. The summed E-state index contributed by atoms with van der Waals surface area (Å²) in [5, 5.41) is 11.3. The molecule has 0 heterocycles. The summed E-state index contributed by atoms with van der Waals surface area (Å²) >= 11 is 0. The normalized spacial score (nSPS) is 14.3. The van der Waals surface area contributed by atoms with Gasteiger partial charge in [0.1, 0.15) is 0 Å². The molecule has 2 rings (SSSR count). The lowest BCUT2D eigenvalue weighted by molar-refractivity contribution is -0.389. The molecule has 3 nitrogen and oxygen atoms in total. The number of hydrogen-bond acceptors (Lipinski definition) is 2. The number of rotatable bonds is 5. The van der Waals surface area contributed by atoms with Crippen molar-refractivity contribution in [1.29, 1.82) is 5.26 Å². The number of halogens is 9. The quantitative estimate of drug-likeness (QED) is 0.457. The van der Waals surface area contributed by atoms with Gasteiger partial charge >= 0.3 is 23.9 Å². The second-order valence-corrected chi connectivity index (χ2v) is 7.50. The van der Waals surface area contributed by atoms with E-state index < -0.39 is 35.4 Å². The molecule has 0 aromatic heterocycles. The van der Waals surface area contributed by atoms with Crippen molar-refractivity contribution in [1.82, 2.24) is 0 Å². The Balaban J connectivity index is 2.63. The Labute approximate surface area is 188 Å². The number of hydrogen-bond donors (Lipinski definition) is 1. The maximum absolute atomic E-state index is 14.9. The van der Waals surface area contributed by atoms with Gasteiger partial charge in [-0.1, -0.05) is 13.0 Å². The van der Waals surface area contributed by atoms with E-state index in [1.54, 1.807) is 6.92 Å². The van der Waals surface area contributed by atoms with E-state index in [1.165, 1.54) is 25.1 Å². The van der Waals surface area contributed by atoms with Crippen LogP contribution in [0.3, 0.4) is 0 Å². The smallest absolute Gasteiger partial charge is 0.321 e. The molecular formula is C22H17F9N2O. The van der Waals surface area contributed by atoms with E-state index in [1.807, 2.05) is 6.07 Å². The number of benzene rings is 2. The molecule has 0 radical (unpaired) electrons. The van der Waals surface area contributed by atoms with Gasteiger partial charge in [0.15, 0.2) is 0 Å². The van der Waals surface area contributed by atoms with Crippen LogP contribution >= 0.6 is 0 Å². The summed E-state index contributed by atoms with van der Waals surface area (Å²) in [6, 6.07) is 6.32. The third-order valence-corrected chi connectivity index (χ3v) is 5.22. The van der Waals surface area contributed by atoms with Crippen LogP contribution in [-0.4, -0.2) is 24.2 Å². The molecule has 2 aromatic carbocycles. The zero-order valence-corrected chi connectivity index (χ0v) is 17.9. The van der Waals surface area contributed by atoms with Crippen molar-refractivity contribution >= 4 is 11.6 Å². The molecule has 1 atom stereocenters. The second-order valence-electron chi connectivity index (χ2n) is 7.50. The van der Waals surface area contributed by atoms with Crippen LogP contribution in [0.4, 0.5) is 45.2 Å². The first kappa shape index (κ1) is 27.0. The molecule has 1 N–H and O–H groups in total. The van der Waals surface area contributed by atoms with Gasteiger partial charge in [-0.25, -0.2) is 4.39 Å². The maximum Gasteiger partial charge on any atom is 0.457 e. The minimum Gasteiger partial charge on any atom is -0.321 e. The molecule has 0 saturated heterocycles. The van der Waals surface area contributed by atoms with Crippen molar-refractivity contribution in [2.75, 3.05) is 5.32 Å². The highest BCUT2D eigenvalue weighted by Gasteiger charge is 2.81. The Hall–Kier alpha value is -3.23. The predicted octanol–water partition coefficient (Wildman–Crippen LogP) is 6.91. The molecule has 0 bridgehead atoms. The predicted molar refractivity (Wildman–Crippen MR) is 104 cm³/mol. The van der Waals surface area contributed by atoms with Crippen LogP contribution < -0.4 is 5.32 Å². The Bertz CT molecular complexity index is 1150. The maximum atomic E-state index is 14.9. The van der Waals surface area contributed by atoms with Crippen LogP contribution in [0.2, 0.25) is 0 Å². The molecule has 34 heavy (non-hydrogen) atoms. The first-order chi connectivity index (χ1) is 15.4. The monoisotopic (exact) mass is 496 g/mol. The van der Waals surface area contributed by atoms with E-state index in [9.17, 15) is 44.3 Å². The van der Waals surface area contributed by atoms with Crippen molar-refractivity contribution in [3.63, 3.8) is 0 Å². The molecule has 1 amide bonds. The SMILES string of the molecule is CCc1cc(C(F)(C(F)(F)F)C(F)(F)C(F)(F)F)cc(C)c1NC(=O)c1ccc(C#N)c(C)c1. The zero-order chi connectivity index (χ0) is 26.3. The van der Waals surface area contributed by atoms with Crippen molar-refractivity contribution in [3.05, 3.63) is 63.7 Å². The minimum atomic E-state index is -6.84. The molecular weight excluding hydrogens is 479 g/mol. The average Bonchev–Trinajstić information content (AvgIpc) is 2.72. The first-order valence-electron chi connectivity index (χ1n) is 9.58. The first-order valence-corrected chi connectivity index (χ1v) is 9.58. The van der Waals surface area contributed by atoms with E-state index in [4.69, 9.17) is 5.26 Å². The van der Waals surface area contributed by atoms with Crippen molar-refractivity contribution in [2.45, 2.75) is 51.1 Å². The van der Waals surface area contributed by atoms with E-state index >= 15 is 0 Å². The van der Waals surface area contributed by atoms with Gasteiger partial charge in [0, 0.05) is 16.8 Å². The average molecular weight is 496 g/mol. The van der Waals surface area contributed by atoms with Crippen LogP contribution in [-0.2, 0) is 12.1 Å². The summed E-state index contributed by atoms with van der Waals surface area (Å²) < 4.78 is 121. The van der Waals surface area contributed by atoms with E-state index in [-0.39, 0.29) is 46.5 Å². The van der Waals surface area contributed by atoms with Gasteiger partial charge in [0.05, 0.1) is 11.6 Å². The number of anilines is 1.